The zero-order valence-electron chi connectivity index (χ0n) is 14.9. The molecule has 8 heteroatoms. The molecule has 0 saturated carbocycles. The molecule has 2 aromatic heterocycles. The van der Waals surface area contributed by atoms with Gasteiger partial charge in [-0.15, -0.1) is 0 Å². The van der Waals surface area contributed by atoms with Gasteiger partial charge in [0.25, 0.3) is 5.91 Å². The van der Waals surface area contributed by atoms with Crippen molar-refractivity contribution >= 4 is 5.91 Å². The molecule has 2 aromatic rings. The fourth-order valence-electron chi connectivity index (χ4n) is 2.85. The number of nitrogens with zero attached hydrogens (tertiary/aromatic N) is 4. The molecule has 0 N–H and O–H groups in total. The molecular weight excluding hydrogens is 336 g/mol. The normalized spacial score (nSPS) is 16.8. The summed E-state index contributed by atoms with van der Waals surface area (Å²) in [6.45, 7) is 3.46. The monoisotopic (exact) mass is 358 g/mol. The first-order valence-corrected chi connectivity index (χ1v) is 8.61. The van der Waals surface area contributed by atoms with Crippen LogP contribution in [0.2, 0.25) is 0 Å². The summed E-state index contributed by atoms with van der Waals surface area (Å²) in [6, 6.07) is 3.47. The Balaban J connectivity index is 1.69. The van der Waals surface area contributed by atoms with Crippen LogP contribution in [0.4, 0.5) is 0 Å². The van der Waals surface area contributed by atoms with Crippen LogP contribution >= 0.6 is 0 Å². The maximum Gasteiger partial charge on any atom is 0.259 e. The lowest BCUT2D eigenvalue weighted by Gasteiger charge is -2.32. The highest BCUT2D eigenvalue weighted by Crippen LogP contribution is 2.22. The summed E-state index contributed by atoms with van der Waals surface area (Å²) < 4.78 is 16.4. The molecular formula is C18H22N4O4. The van der Waals surface area contributed by atoms with Gasteiger partial charge in [-0.25, -0.2) is 4.98 Å². The summed E-state index contributed by atoms with van der Waals surface area (Å²) in [6.07, 6.45) is 6.21. The molecule has 1 unspecified atom stereocenters. The third kappa shape index (κ3) is 4.19. The number of piperidine rings is 1. The van der Waals surface area contributed by atoms with Crippen molar-refractivity contribution in [2.45, 2.75) is 25.9 Å². The summed E-state index contributed by atoms with van der Waals surface area (Å²) in [4.78, 5) is 27.1. The summed E-state index contributed by atoms with van der Waals surface area (Å²) in [5.74, 6) is 1.04. The number of likely N-dealkylation sites (tertiary alicyclic amines) is 1. The molecule has 138 valence electrons. The van der Waals surface area contributed by atoms with E-state index in [1.807, 2.05) is 6.92 Å². The molecule has 1 aliphatic rings. The first-order valence-electron chi connectivity index (χ1n) is 8.61. The van der Waals surface area contributed by atoms with Crippen molar-refractivity contribution in [1.29, 1.82) is 0 Å². The Hall–Kier alpha value is -2.90. The molecule has 0 spiro atoms. The van der Waals surface area contributed by atoms with E-state index in [0.29, 0.717) is 42.9 Å². The third-order valence-corrected chi connectivity index (χ3v) is 4.03. The van der Waals surface area contributed by atoms with Gasteiger partial charge in [0.05, 0.1) is 32.7 Å². The number of carbonyl (C=O) groups is 1. The van der Waals surface area contributed by atoms with Crippen LogP contribution in [0.25, 0.3) is 0 Å². The van der Waals surface area contributed by atoms with E-state index >= 15 is 0 Å². The quantitative estimate of drug-likeness (QED) is 0.780. The smallest absolute Gasteiger partial charge is 0.259 e. The summed E-state index contributed by atoms with van der Waals surface area (Å²) in [7, 11) is 1.53. The third-order valence-electron chi connectivity index (χ3n) is 4.03. The zero-order valence-corrected chi connectivity index (χ0v) is 14.9. The minimum atomic E-state index is -0.152. The number of pyridine rings is 1. The number of aromatic nitrogens is 3. The number of methoxy groups -OCH3 is 1. The number of carbonyl (C=O) groups excluding carboxylic acids is 1. The fraction of sp³-hybridized carbons (Fsp3) is 0.444. The standard InChI is InChI=1S/C18H22N4O4/c1-3-25-17-14(7-4-8-20-17)18(23)22-9-5-6-13(12-22)26-16-11-19-10-15(21-16)24-2/h4,7-8,10-11,13H,3,5-6,9,12H2,1-2H3. The van der Waals surface area contributed by atoms with Crippen molar-refractivity contribution in [2.24, 2.45) is 0 Å². The van der Waals surface area contributed by atoms with E-state index in [2.05, 4.69) is 15.0 Å². The Kier molecular flexibility index (Phi) is 5.83. The van der Waals surface area contributed by atoms with E-state index in [0.717, 1.165) is 12.8 Å². The minimum absolute atomic E-state index is 0.105. The summed E-state index contributed by atoms with van der Waals surface area (Å²) >= 11 is 0. The van der Waals surface area contributed by atoms with Crippen molar-refractivity contribution in [3.8, 4) is 17.6 Å². The number of ether oxygens (including phenoxy) is 3. The first-order chi connectivity index (χ1) is 12.7. The average Bonchev–Trinajstić information content (AvgIpc) is 2.68. The van der Waals surface area contributed by atoms with Gasteiger partial charge in [-0.2, -0.15) is 4.98 Å². The lowest BCUT2D eigenvalue weighted by atomic mass is 10.1. The molecule has 1 saturated heterocycles. The van der Waals surface area contributed by atoms with E-state index in [-0.39, 0.29) is 12.0 Å². The number of hydrogen-bond acceptors (Lipinski definition) is 7. The Morgan fingerprint density at radius 3 is 3.00 bits per heavy atom. The maximum atomic E-state index is 12.9. The Morgan fingerprint density at radius 1 is 1.35 bits per heavy atom. The van der Waals surface area contributed by atoms with Crippen LogP contribution in [0, 0.1) is 0 Å². The zero-order chi connectivity index (χ0) is 18.4. The lowest BCUT2D eigenvalue weighted by Crippen LogP contribution is -2.44. The Labute approximate surface area is 152 Å². The Morgan fingerprint density at radius 2 is 2.19 bits per heavy atom. The highest BCUT2D eigenvalue weighted by atomic mass is 16.5. The molecule has 26 heavy (non-hydrogen) atoms. The topological polar surface area (TPSA) is 86.7 Å². The Bertz CT molecular complexity index is 755. The van der Waals surface area contributed by atoms with Gasteiger partial charge in [0.2, 0.25) is 17.6 Å². The van der Waals surface area contributed by atoms with Crippen LogP contribution in [-0.2, 0) is 0 Å². The first kappa shape index (κ1) is 17.9. The molecule has 1 fully saturated rings. The van der Waals surface area contributed by atoms with E-state index in [4.69, 9.17) is 14.2 Å². The molecule has 0 radical (unpaired) electrons. The molecule has 3 rings (SSSR count). The van der Waals surface area contributed by atoms with E-state index in [9.17, 15) is 4.79 Å². The van der Waals surface area contributed by atoms with Crippen LogP contribution in [0.5, 0.6) is 17.6 Å². The van der Waals surface area contributed by atoms with Gasteiger partial charge in [0.1, 0.15) is 11.7 Å². The van der Waals surface area contributed by atoms with Crippen LogP contribution in [0.1, 0.15) is 30.1 Å². The molecule has 0 aliphatic carbocycles. The lowest BCUT2D eigenvalue weighted by molar-refractivity contribution is 0.0521. The van der Waals surface area contributed by atoms with Crippen molar-refractivity contribution in [3.63, 3.8) is 0 Å². The number of hydrogen-bond donors (Lipinski definition) is 0. The highest BCUT2D eigenvalue weighted by molar-refractivity contribution is 5.96. The summed E-state index contributed by atoms with van der Waals surface area (Å²) in [5.41, 5.74) is 0.469. The van der Waals surface area contributed by atoms with Gasteiger partial charge in [-0.3, -0.25) is 9.78 Å². The van der Waals surface area contributed by atoms with Crippen LogP contribution in [-0.4, -0.2) is 58.7 Å². The number of rotatable bonds is 6. The average molecular weight is 358 g/mol. The molecule has 0 aromatic carbocycles. The predicted molar refractivity (Wildman–Crippen MR) is 93.5 cm³/mol. The fourth-order valence-corrected chi connectivity index (χ4v) is 2.85. The van der Waals surface area contributed by atoms with Crippen molar-refractivity contribution in [1.82, 2.24) is 19.9 Å². The minimum Gasteiger partial charge on any atom is -0.480 e. The molecule has 8 nitrogen and oxygen atoms in total. The van der Waals surface area contributed by atoms with Gasteiger partial charge >= 0.3 is 0 Å². The van der Waals surface area contributed by atoms with Gasteiger partial charge < -0.3 is 19.1 Å². The summed E-state index contributed by atoms with van der Waals surface area (Å²) in [5, 5.41) is 0. The van der Waals surface area contributed by atoms with Crippen LogP contribution in [0.3, 0.4) is 0 Å². The second-order valence-electron chi connectivity index (χ2n) is 5.82. The molecule has 1 amide bonds. The maximum absolute atomic E-state index is 12.9. The second kappa shape index (κ2) is 8.46. The van der Waals surface area contributed by atoms with Crippen molar-refractivity contribution in [3.05, 3.63) is 36.3 Å². The highest BCUT2D eigenvalue weighted by Gasteiger charge is 2.28. The molecule has 0 bridgehead atoms. The van der Waals surface area contributed by atoms with E-state index < -0.39 is 0 Å². The van der Waals surface area contributed by atoms with Gasteiger partial charge in [-0.1, -0.05) is 0 Å². The SMILES string of the molecule is CCOc1ncccc1C(=O)N1CCCC(Oc2cncc(OC)n2)C1. The predicted octanol–water partition coefficient (Wildman–Crippen LogP) is 1.96. The van der Waals surface area contributed by atoms with Gasteiger partial charge in [0.15, 0.2) is 0 Å². The van der Waals surface area contributed by atoms with E-state index in [1.54, 1.807) is 23.2 Å². The largest absolute Gasteiger partial charge is 0.480 e. The van der Waals surface area contributed by atoms with Gasteiger partial charge in [0, 0.05) is 12.7 Å². The van der Waals surface area contributed by atoms with E-state index in [1.165, 1.54) is 19.5 Å². The van der Waals surface area contributed by atoms with Crippen LogP contribution < -0.4 is 14.2 Å². The second-order valence-corrected chi connectivity index (χ2v) is 5.82. The van der Waals surface area contributed by atoms with Gasteiger partial charge in [-0.05, 0) is 31.9 Å². The van der Waals surface area contributed by atoms with Crippen molar-refractivity contribution in [2.75, 3.05) is 26.8 Å². The number of amides is 1. The molecule has 1 aliphatic heterocycles. The van der Waals surface area contributed by atoms with Crippen LogP contribution in [0.15, 0.2) is 30.7 Å². The molecule has 3 heterocycles. The molecule has 1 atom stereocenters. The van der Waals surface area contributed by atoms with Crippen molar-refractivity contribution < 1.29 is 19.0 Å².